The number of nitrogens with zero attached hydrogens (tertiary/aromatic N) is 2. The van der Waals surface area contributed by atoms with E-state index in [4.69, 9.17) is 9.47 Å². The van der Waals surface area contributed by atoms with E-state index in [1.165, 1.54) is 22.3 Å². The first kappa shape index (κ1) is 21.3. The number of aromatic nitrogens is 2. The van der Waals surface area contributed by atoms with E-state index in [1.54, 1.807) is 33.0 Å². The van der Waals surface area contributed by atoms with Gasteiger partial charge in [0.2, 0.25) is 6.10 Å². The predicted molar refractivity (Wildman–Crippen MR) is 116 cm³/mol. The molecule has 2 aromatic rings. The molecule has 4 rings (SSSR count). The molecule has 0 saturated heterocycles. The van der Waals surface area contributed by atoms with E-state index in [9.17, 15) is 9.59 Å². The first-order valence-corrected chi connectivity index (χ1v) is 11.0. The summed E-state index contributed by atoms with van der Waals surface area (Å²) in [7, 11) is 0. The van der Waals surface area contributed by atoms with Crippen molar-refractivity contribution in [1.29, 1.82) is 0 Å². The molecule has 7 heteroatoms. The Hall–Kier alpha value is -2.96. The fraction of sp³-hybridized carbons (Fsp3) is 0.500. The Balaban J connectivity index is 1.53. The minimum absolute atomic E-state index is 0.132. The Kier molecular flexibility index (Phi) is 6.20. The standard InChI is InChI=1S/C24H29N3O4/c1-14(2)30-23(28)21(13-18-10-11-25-15(3)26-18)31-24(29)27-22-19-8-4-6-16(19)12-17-7-5-9-20(17)22/h10-12,14,21H,4-9,13H2,1-3H3,(H,27,29). The lowest BCUT2D eigenvalue weighted by Crippen LogP contribution is -2.34. The maximum Gasteiger partial charge on any atom is 0.412 e. The molecule has 1 aromatic carbocycles. The van der Waals surface area contributed by atoms with Gasteiger partial charge in [0.05, 0.1) is 11.8 Å². The van der Waals surface area contributed by atoms with Crippen molar-refractivity contribution in [1.82, 2.24) is 9.97 Å². The molecule has 0 bridgehead atoms. The number of nitrogens with one attached hydrogen (secondary N) is 1. The fourth-order valence-corrected chi connectivity index (χ4v) is 4.52. The number of carbonyl (C=O) groups is 2. The molecule has 7 nitrogen and oxygen atoms in total. The van der Waals surface area contributed by atoms with Crippen LogP contribution in [0.25, 0.3) is 0 Å². The second kappa shape index (κ2) is 9.04. The zero-order chi connectivity index (χ0) is 22.0. The van der Waals surface area contributed by atoms with E-state index in [2.05, 4.69) is 21.4 Å². The molecule has 0 aliphatic heterocycles. The van der Waals surface area contributed by atoms with Gasteiger partial charge < -0.3 is 9.47 Å². The van der Waals surface area contributed by atoms with Crippen LogP contribution in [-0.4, -0.2) is 34.2 Å². The number of carbonyl (C=O) groups excluding carboxylic acids is 2. The first-order chi connectivity index (χ1) is 14.9. The number of hydrogen-bond acceptors (Lipinski definition) is 6. The van der Waals surface area contributed by atoms with Gasteiger partial charge in [-0.3, -0.25) is 5.32 Å². The molecule has 0 radical (unpaired) electrons. The highest BCUT2D eigenvalue weighted by molar-refractivity contribution is 5.90. The third kappa shape index (κ3) is 4.86. The Morgan fingerprint density at radius 2 is 1.74 bits per heavy atom. The van der Waals surface area contributed by atoms with Crippen molar-refractivity contribution in [3.05, 3.63) is 52.1 Å². The average Bonchev–Trinajstić information content (AvgIpc) is 3.36. The molecule has 1 aromatic heterocycles. The Bertz CT molecular complexity index is 970. The van der Waals surface area contributed by atoms with Crippen LogP contribution in [0.3, 0.4) is 0 Å². The highest BCUT2D eigenvalue weighted by Crippen LogP contribution is 2.38. The number of amides is 1. The van der Waals surface area contributed by atoms with Crippen molar-refractivity contribution >= 4 is 17.7 Å². The van der Waals surface area contributed by atoms with Gasteiger partial charge in [-0.2, -0.15) is 0 Å². The van der Waals surface area contributed by atoms with Crippen LogP contribution in [0.15, 0.2) is 18.3 Å². The Labute approximate surface area is 182 Å². The van der Waals surface area contributed by atoms with Crippen LogP contribution in [0.1, 0.15) is 60.5 Å². The molecule has 0 fully saturated rings. The largest absolute Gasteiger partial charge is 0.460 e. The van der Waals surface area contributed by atoms with Crippen molar-refractivity contribution in [2.45, 2.75) is 77.9 Å². The summed E-state index contributed by atoms with van der Waals surface area (Å²) in [6, 6.07) is 4.02. The molecule has 2 aliphatic carbocycles. The van der Waals surface area contributed by atoms with Crippen LogP contribution in [0, 0.1) is 6.92 Å². The fourth-order valence-electron chi connectivity index (χ4n) is 4.52. The molecule has 31 heavy (non-hydrogen) atoms. The monoisotopic (exact) mass is 423 g/mol. The van der Waals surface area contributed by atoms with Crippen molar-refractivity contribution in [3.63, 3.8) is 0 Å². The molecule has 1 atom stereocenters. The maximum absolute atomic E-state index is 12.9. The number of rotatable bonds is 6. The number of benzene rings is 1. The summed E-state index contributed by atoms with van der Waals surface area (Å²) < 4.78 is 10.9. The summed E-state index contributed by atoms with van der Waals surface area (Å²) in [6.45, 7) is 5.30. The van der Waals surface area contributed by atoms with Crippen molar-refractivity contribution in [2.75, 3.05) is 5.32 Å². The molecule has 1 amide bonds. The summed E-state index contributed by atoms with van der Waals surface area (Å²) in [5.74, 6) is 0.0123. The van der Waals surface area contributed by atoms with Crippen LogP contribution >= 0.6 is 0 Å². The van der Waals surface area contributed by atoms with Gasteiger partial charge in [-0.25, -0.2) is 19.6 Å². The molecule has 1 unspecified atom stereocenters. The van der Waals surface area contributed by atoms with E-state index in [0.717, 1.165) is 44.2 Å². The van der Waals surface area contributed by atoms with Gasteiger partial charge >= 0.3 is 12.1 Å². The molecule has 164 valence electrons. The van der Waals surface area contributed by atoms with Gasteiger partial charge in [0.1, 0.15) is 5.82 Å². The summed E-state index contributed by atoms with van der Waals surface area (Å²) in [5, 5.41) is 2.98. The molecule has 1 heterocycles. The zero-order valence-corrected chi connectivity index (χ0v) is 18.4. The Morgan fingerprint density at radius 3 is 2.35 bits per heavy atom. The van der Waals surface area contributed by atoms with E-state index >= 15 is 0 Å². The number of ether oxygens (including phenoxy) is 2. The minimum atomic E-state index is -1.08. The normalized spacial score (nSPS) is 15.4. The summed E-state index contributed by atoms with van der Waals surface area (Å²) in [5.41, 5.74) is 6.58. The number of esters is 1. The van der Waals surface area contributed by atoms with Crippen molar-refractivity contribution in [2.24, 2.45) is 0 Å². The summed E-state index contributed by atoms with van der Waals surface area (Å²) in [6.07, 6.45) is 5.92. The number of fused-ring (bicyclic) bond motifs is 2. The topological polar surface area (TPSA) is 90.4 Å². The zero-order valence-electron chi connectivity index (χ0n) is 18.4. The van der Waals surface area contributed by atoms with Gasteiger partial charge in [0.15, 0.2) is 0 Å². The lowest BCUT2D eigenvalue weighted by molar-refractivity contribution is -0.157. The van der Waals surface area contributed by atoms with Crippen LogP contribution in [0.2, 0.25) is 0 Å². The van der Waals surface area contributed by atoms with E-state index in [0.29, 0.717) is 11.5 Å². The molecule has 0 spiro atoms. The van der Waals surface area contributed by atoms with Crippen LogP contribution < -0.4 is 5.32 Å². The van der Waals surface area contributed by atoms with Gasteiger partial charge in [-0.05, 0) is 87.6 Å². The lowest BCUT2D eigenvalue weighted by Gasteiger charge is -2.20. The van der Waals surface area contributed by atoms with Gasteiger partial charge in [-0.15, -0.1) is 0 Å². The van der Waals surface area contributed by atoms with Gasteiger partial charge in [0.25, 0.3) is 0 Å². The Morgan fingerprint density at radius 1 is 1.06 bits per heavy atom. The van der Waals surface area contributed by atoms with E-state index < -0.39 is 18.2 Å². The van der Waals surface area contributed by atoms with E-state index in [1.807, 2.05) is 0 Å². The molecular weight excluding hydrogens is 394 g/mol. The second-order valence-electron chi connectivity index (χ2n) is 8.54. The second-order valence-corrected chi connectivity index (χ2v) is 8.54. The van der Waals surface area contributed by atoms with E-state index in [-0.39, 0.29) is 12.5 Å². The average molecular weight is 424 g/mol. The predicted octanol–water partition coefficient (Wildman–Crippen LogP) is 3.87. The molecule has 1 N–H and O–H groups in total. The van der Waals surface area contributed by atoms with Crippen LogP contribution in [0.5, 0.6) is 0 Å². The molecule has 0 saturated carbocycles. The summed E-state index contributed by atoms with van der Waals surface area (Å²) in [4.78, 5) is 33.9. The summed E-state index contributed by atoms with van der Waals surface area (Å²) >= 11 is 0. The van der Waals surface area contributed by atoms with Crippen molar-refractivity contribution < 1.29 is 19.1 Å². The maximum atomic E-state index is 12.9. The molecular formula is C24H29N3O4. The van der Waals surface area contributed by atoms with Crippen molar-refractivity contribution in [3.8, 4) is 0 Å². The third-order valence-corrected chi connectivity index (χ3v) is 5.79. The third-order valence-electron chi connectivity index (χ3n) is 5.79. The highest BCUT2D eigenvalue weighted by atomic mass is 16.6. The van der Waals surface area contributed by atoms with Gasteiger partial charge in [-0.1, -0.05) is 6.07 Å². The number of hydrogen-bond donors (Lipinski definition) is 1. The van der Waals surface area contributed by atoms with Gasteiger partial charge in [0, 0.05) is 18.3 Å². The highest BCUT2D eigenvalue weighted by Gasteiger charge is 2.29. The SMILES string of the molecule is Cc1nccc(CC(OC(=O)Nc2c3c(cc4c2CCC4)CCC3)C(=O)OC(C)C)n1. The number of aryl methyl sites for hydroxylation is 3. The quantitative estimate of drug-likeness (QED) is 0.709. The lowest BCUT2D eigenvalue weighted by atomic mass is 9.99. The smallest absolute Gasteiger partial charge is 0.412 e. The minimum Gasteiger partial charge on any atom is -0.460 e. The van der Waals surface area contributed by atoms with Crippen LogP contribution in [-0.2, 0) is 46.4 Å². The van der Waals surface area contributed by atoms with Crippen LogP contribution in [0.4, 0.5) is 10.5 Å². The first-order valence-electron chi connectivity index (χ1n) is 11.0. The molecule has 2 aliphatic rings. The number of anilines is 1.